The number of H-pyrrole nitrogens is 1. The van der Waals surface area contributed by atoms with Crippen LogP contribution in [-0.4, -0.2) is 172 Å². The molecule has 20 N–H and O–H groups in total. The average Bonchev–Trinajstić information content (AvgIpc) is 2.14. The van der Waals surface area contributed by atoms with Crippen molar-refractivity contribution in [2.75, 3.05) is 36.9 Å². The molecular formula is C64H93N15O12S2. The molecule has 3 aromatic carbocycles. The molecule has 1 aliphatic rings. The first kappa shape index (κ1) is 75.5. The molecule has 1 fully saturated rings. The lowest BCUT2D eigenvalue weighted by atomic mass is 9.98. The molecule has 5 rings (SSSR count). The van der Waals surface area contributed by atoms with Crippen LogP contribution in [0.1, 0.15) is 95.8 Å². The Morgan fingerprint density at radius 1 is 0.591 bits per heavy atom. The minimum atomic E-state index is -1.40. The number of hydrogen-bond acceptors (Lipinski definition) is 17. The molecule has 508 valence electrons. The van der Waals surface area contributed by atoms with Gasteiger partial charge in [0.1, 0.15) is 66.2 Å². The summed E-state index contributed by atoms with van der Waals surface area (Å²) in [6, 6.07) is 9.33. The van der Waals surface area contributed by atoms with E-state index in [1.54, 1.807) is 62.5 Å². The average molecular weight is 1330 g/mol. The van der Waals surface area contributed by atoms with Gasteiger partial charge in [-0.15, -0.1) is 0 Å². The van der Waals surface area contributed by atoms with E-state index in [-0.39, 0.29) is 80.4 Å². The Morgan fingerprint density at radius 3 is 1.68 bits per heavy atom. The number of fused-ring (bicyclic) bond motifs is 1. The maximum atomic E-state index is 14.9. The number of phenolic OH excluding ortho intramolecular Hbond substituents is 1. The highest BCUT2D eigenvalue weighted by Crippen LogP contribution is 2.21. The number of rotatable bonds is 32. The molecule has 0 bridgehead atoms. The lowest BCUT2D eigenvalue weighted by Gasteiger charge is -2.30. The maximum Gasteiger partial charge on any atom is 0.244 e. The lowest BCUT2D eigenvalue weighted by Crippen LogP contribution is -2.62. The van der Waals surface area contributed by atoms with Crippen LogP contribution in [0.5, 0.6) is 5.75 Å². The van der Waals surface area contributed by atoms with E-state index in [0.717, 1.165) is 22.7 Å². The molecule has 1 unspecified atom stereocenters. The summed E-state index contributed by atoms with van der Waals surface area (Å²) in [4.78, 5) is 157. The van der Waals surface area contributed by atoms with Gasteiger partial charge >= 0.3 is 0 Å². The fraction of sp³-hybridized carbons (Fsp3) is 0.516. The molecule has 93 heavy (non-hydrogen) atoms. The van der Waals surface area contributed by atoms with Crippen molar-refractivity contribution >= 4 is 100 Å². The van der Waals surface area contributed by atoms with Gasteiger partial charge in [0.25, 0.3) is 0 Å². The zero-order valence-corrected chi connectivity index (χ0v) is 54.8. The largest absolute Gasteiger partial charge is 0.508 e. The highest BCUT2D eigenvalue weighted by molar-refractivity contribution is 7.99. The zero-order valence-electron chi connectivity index (χ0n) is 53.1. The quantitative estimate of drug-likeness (QED) is 0.0211. The van der Waals surface area contributed by atoms with Crippen molar-refractivity contribution in [1.29, 1.82) is 0 Å². The number of thiol groups is 1. The number of aromatic nitrogens is 1. The first-order valence-corrected chi connectivity index (χ1v) is 33.2. The van der Waals surface area contributed by atoms with Gasteiger partial charge in [-0.3, -0.25) is 52.7 Å². The normalized spacial score (nSPS) is 19.8. The number of hydrogen-bond donors (Lipinski definition) is 17. The number of carbonyl (C=O) groups is 11. The van der Waals surface area contributed by atoms with Crippen LogP contribution in [0.25, 0.3) is 10.9 Å². The molecule has 0 radical (unpaired) electrons. The first-order chi connectivity index (χ1) is 44.4. The molecule has 0 spiro atoms. The molecule has 1 aromatic heterocycles. The van der Waals surface area contributed by atoms with E-state index in [1.165, 1.54) is 12.1 Å². The Labute approximate surface area is 551 Å². The number of phenols is 1. The third kappa shape index (κ3) is 25.0. The van der Waals surface area contributed by atoms with E-state index in [4.69, 9.17) is 22.9 Å². The maximum absolute atomic E-state index is 14.9. The fourth-order valence-electron chi connectivity index (χ4n) is 10.3. The summed E-state index contributed by atoms with van der Waals surface area (Å²) >= 11 is 5.28. The molecule has 4 aromatic rings. The smallest absolute Gasteiger partial charge is 0.244 e. The second kappa shape index (κ2) is 38.7. The SMILES string of the molecule is CC(C)C[C@@H]1NC(=O)[C@H](Cc2c[nH]c3ccccc23)NC(=O)[C@@H](Cc2ccc(O)cc2)NC(=O)[C@H](Cc2ccccc2)NC(=O)[C@H](CCSCC(=O)NCC(N)C(=O)N[C@@H](CCCCN)C(=O)N[C@@H](CS)C(=O)N[C@@H](CCCCN)C(N)=O)NC(=O)[C@H](C(C)C)NC1=O. The van der Waals surface area contributed by atoms with Crippen LogP contribution in [0, 0.1) is 11.8 Å². The number of carbonyl (C=O) groups excluding carboxylic acids is 11. The van der Waals surface area contributed by atoms with E-state index in [2.05, 4.69) is 70.8 Å². The van der Waals surface area contributed by atoms with Crippen molar-refractivity contribution in [3.8, 4) is 5.75 Å². The number of primary amides is 1. The van der Waals surface area contributed by atoms with Gasteiger partial charge in [-0.05, 0) is 117 Å². The van der Waals surface area contributed by atoms with Gasteiger partial charge in [-0.2, -0.15) is 24.4 Å². The monoisotopic (exact) mass is 1330 g/mol. The summed E-state index contributed by atoms with van der Waals surface area (Å²) in [5, 5.41) is 38.2. The van der Waals surface area contributed by atoms with E-state index in [1.807, 2.05) is 38.1 Å². The molecule has 10 atom stereocenters. The Bertz CT molecular complexity index is 3160. The third-order valence-corrected chi connectivity index (χ3v) is 16.9. The van der Waals surface area contributed by atoms with Gasteiger partial charge in [-0.1, -0.05) is 88.4 Å². The summed E-state index contributed by atoms with van der Waals surface area (Å²) in [7, 11) is 0. The van der Waals surface area contributed by atoms with Gasteiger partial charge in [0, 0.05) is 48.7 Å². The van der Waals surface area contributed by atoms with Gasteiger partial charge in [-0.25, -0.2) is 0 Å². The highest BCUT2D eigenvalue weighted by atomic mass is 32.2. The van der Waals surface area contributed by atoms with Crippen molar-refractivity contribution in [3.63, 3.8) is 0 Å². The van der Waals surface area contributed by atoms with Gasteiger partial charge < -0.3 is 86.2 Å². The zero-order chi connectivity index (χ0) is 68.1. The molecule has 11 amide bonds. The number of amides is 11. The number of para-hydroxylation sites is 1. The molecule has 0 saturated carbocycles. The van der Waals surface area contributed by atoms with Crippen LogP contribution < -0.4 is 76.1 Å². The lowest BCUT2D eigenvalue weighted by molar-refractivity contribution is -0.137. The van der Waals surface area contributed by atoms with Crippen LogP contribution in [0.15, 0.2) is 85.1 Å². The first-order valence-electron chi connectivity index (χ1n) is 31.4. The number of aromatic hydroxyl groups is 1. The minimum absolute atomic E-state index is 0.0476. The van der Waals surface area contributed by atoms with E-state index in [9.17, 15) is 57.8 Å². The van der Waals surface area contributed by atoms with E-state index >= 15 is 0 Å². The number of thioether (sulfide) groups is 1. The van der Waals surface area contributed by atoms with E-state index < -0.39 is 131 Å². The van der Waals surface area contributed by atoms with Crippen LogP contribution in [0.4, 0.5) is 0 Å². The van der Waals surface area contributed by atoms with Crippen LogP contribution in [0.3, 0.4) is 0 Å². The molecule has 1 aliphatic heterocycles. The predicted molar refractivity (Wildman–Crippen MR) is 357 cm³/mol. The molecule has 27 nitrogen and oxygen atoms in total. The number of nitrogens with two attached hydrogens (primary N) is 4. The second-order valence-electron chi connectivity index (χ2n) is 23.9. The van der Waals surface area contributed by atoms with Crippen molar-refractivity contribution in [2.45, 2.75) is 159 Å². The van der Waals surface area contributed by atoms with Crippen LogP contribution in [0.2, 0.25) is 0 Å². The van der Waals surface area contributed by atoms with Crippen LogP contribution >= 0.6 is 24.4 Å². The van der Waals surface area contributed by atoms with Crippen molar-refractivity contribution in [1.82, 2.24) is 58.2 Å². The standard InChI is InChI=1S/C64H93N15O12S2/c1-36(2)28-48-62(89)79-54(37(3)4)64(91)73-47(24-27-93-35-53(81)70-33-43(67)56(83)72-46(19-11-13-26-66)57(84)78-52(34-92)63(90)71-45(55(68)82)18-10-12-25-65)58(85)75-49(29-38-14-6-5-7-15-38)59(86)76-50(30-39-20-22-41(80)23-21-39)60(87)77-51(61(88)74-48)31-40-32-69-44-17-9-8-16-42(40)44/h5-9,14-17,20-23,32,36-37,43,45-52,54,69,80,92H,10-13,18-19,24-31,33-35,65-67H2,1-4H3,(H2,68,82)(H,70,81)(H,71,90)(H,72,83)(H,73,91)(H,74,88)(H,75,85)(H,76,86)(H,77,87)(H,78,84)(H,79,89)/t43?,45-,46-,47-,48-,49-,50+,51-,52-,54-/m0/s1. The van der Waals surface area contributed by atoms with Crippen molar-refractivity contribution < 1.29 is 57.8 Å². The summed E-state index contributed by atoms with van der Waals surface area (Å²) in [5.74, 6) is -9.31. The number of aromatic amines is 1. The number of unbranched alkanes of at least 4 members (excludes halogenated alkanes) is 2. The summed E-state index contributed by atoms with van der Waals surface area (Å²) in [6.45, 7) is 7.37. The Kier molecular flexibility index (Phi) is 31.4. The topological polar surface area (TPSA) is 448 Å². The summed E-state index contributed by atoms with van der Waals surface area (Å²) in [6.07, 6.45) is 3.77. The Hall–Kier alpha value is -8.25. The van der Waals surface area contributed by atoms with E-state index in [0.29, 0.717) is 55.5 Å². The number of benzene rings is 3. The fourth-order valence-corrected chi connectivity index (χ4v) is 11.4. The Balaban J connectivity index is 1.36. The molecule has 29 heteroatoms. The minimum Gasteiger partial charge on any atom is -0.508 e. The van der Waals surface area contributed by atoms with Crippen molar-refractivity contribution in [3.05, 3.63) is 102 Å². The highest BCUT2D eigenvalue weighted by Gasteiger charge is 2.37. The summed E-state index contributed by atoms with van der Waals surface area (Å²) < 4.78 is 0. The van der Waals surface area contributed by atoms with Crippen molar-refractivity contribution in [2.24, 2.45) is 34.8 Å². The predicted octanol–water partition coefficient (Wildman–Crippen LogP) is -0.780. The molecule has 0 aliphatic carbocycles. The summed E-state index contributed by atoms with van der Waals surface area (Å²) in [5.41, 5.74) is 25.6. The Morgan fingerprint density at radius 2 is 1.10 bits per heavy atom. The van der Waals surface area contributed by atoms with Gasteiger partial charge in [0.15, 0.2) is 0 Å². The number of nitrogens with one attached hydrogen (secondary N) is 11. The van der Waals surface area contributed by atoms with Gasteiger partial charge in [0.05, 0.1) is 5.75 Å². The third-order valence-electron chi connectivity index (χ3n) is 15.5. The second-order valence-corrected chi connectivity index (χ2v) is 25.3. The molecule has 1 saturated heterocycles. The van der Waals surface area contributed by atoms with Crippen LogP contribution in [-0.2, 0) is 72.0 Å². The van der Waals surface area contributed by atoms with Gasteiger partial charge in [0.2, 0.25) is 65.0 Å². The molecule has 2 heterocycles. The molecular weight excluding hydrogens is 1230 g/mol.